The molecule has 1 unspecified atom stereocenters. The molecule has 1 aromatic carbocycles. The number of amides is 1. The van der Waals surface area contributed by atoms with Gasteiger partial charge in [0.1, 0.15) is 5.69 Å². The first kappa shape index (κ1) is 17.0. The highest BCUT2D eigenvalue weighted by molar-refractivity contribution is 6.05. The molecule has 0 saturated carbocycles. The molecule has 1 atom stereocenters. The van der Waals surface area contributed by atoms with E-state index in [4.69, 9.17) is 0 Å². The van der Waals surface area contributed by atoms with Gasteiger partial charge in [-0.2, -0.15) is 0 Å². The SMILES string of the molecule is CC1CC(=O)c2cc(NC(=O)c3ccccc3)c(=O)n(N(C)C)c2C1. The maximum absolute atomic E-state index is 12.9. The average molecular weight is 339 g/mol. The van der Waals surface area contributed by atoms with E-state index in [0.717, 1.165) is 0 Å². The molecule has 2 aromatic rings. The van der Waals surface area contributed by atoms with Crippen LogP contribution in [0.4, 0.5) is 5.69 Å². The summed E-state index contributed by atoms with van der Waals surface area (Å²) in [6, 6.07) is 10.2. The number of Topliss-reactive ketones (excluding diaryl/α,β-unsaturated/α-hetero) is 1. The third-order valence-electron chi connectivity index (χ3n) is 4.34. The summed E-state index contributed by atoms with van der Waals surface area (Å²) in [6.07, 6.45) is 1.10. The highest BCUT2D eigenvalue weighted by Crippen LogP contribution is 2.26. The van der Waals surface area contributed by atoms with Gasteiger partial charge in [0, 0.05) is 31.6 Å². The van der Waals surface area contributed by atoms with Crippen LogP contribution in [0.2, 0.25) is 0 Å². The van der Waals surface area contributed by atoms with E-state index in [-0.39, 0.29) is 28.9 Å². The minimum Gasteiger partial charge on any atom is -0.317 e. The smallest absolute Gasteiger partial charge is 0.293 e. The molecule has 1 aromatic heterocycles. The van der Waals surface area contributed by atoms with Crippen LogP contribution in [0.3, 0.4) is 0 Å². The molecule has 0 aliphatic heterocycles. The largest absolute Gasteiger partial charge is 0.317 e. The molecule has 1 aliphatic rings. The predicted molar refractivity (Wildman–Crippen MR) is 97.0 cm³/mol. The molecule has 3 rings (SSSR count). The Morgan fingerprint density at radius 1 is 1.16 bits per heavy atom. The number of rotatable bonds is 3. The number of hydrogen-bond donors (Lipinski definition) is 1. The van der Waals surface area contributed by atoms with Crippen LogP contribution in [0.1, 0.15) is 39.8 Å². The quantitative estimate of drug-likeness (QED) is 0.929. The van der Waals surface area contributed by atoms with Crippen LogP contribution < -0.4 is 15.9 Å². The van der Waals surface area contributed by atoms with Gasteiger partial charge in [-0.25, -0.2) is 4.68 Å². The Bertz CT molecular complexity index is 885. The zero-order valence-electron chi connectivity index (χ0n) is 14.6. The number of carbonyl (C=O) groups is 2. The molecule has 6 heteroatoms. The number of nitrogens with one attached hydrogen (secondary N) is 1. The minimum atomic E-state index is -0.375. The molecule has 6 nitrogen and oxygen atoms in total. The fourth-order valence-electron chi connectivity index (χ4n) is 3.20. The summed E-state index contributed by atoms with van der Waals surface area (Å²) in [6.45, 7) is 2.00. The van der Waals surface area contributed by atoms with Crippen LogP contribution in [0.15, 0.2) is 41.2 Å². The number of ketones is 1. The number of pyridine rings is 1. The van der Waals surface area contributed by atoms with Crippen molar-refractivity contribution in [2.24, 2.45) is 5.92 Å². The molecule has 0 saturated heterocycles. The highest BCUT2D eigenvalue weighted by atomic mass is 16.2. The third kappa shape index (κ3) is 3.20. The molecule has 130 valence electrons. The van der Waals surface area contributed by atoms with Crippen LogP contribution in [-0.2, 0) is 6.42 Å². The second kappa shape index (κ2) is 6.55. The molecular formula is C19H21N3O3. The molecule has 0 radical (unpaired) electrons. The fourth-order valence-corrected chi connectivity index (χ4v) is 3.20. The number of benzene rings is 1. The summed E-state index contributed by atoms with van der Waals surface area (Å²) in [4.78, 5) is 37.7. The van der Waals surface area contributed by atoms with Crippen molar-refractivity contribution < 1.29 is 9.59 Å². The van der Waals surface area contributed by atoms with Gasteiger partial charge in [-0.15, -0.1) is 0 Å². The number of carbonyl (C=O) groups excluding carboxylic acids is 2. The summed E-state index contributed by atoms with van der Waals surface area (Å²) in [5.41, 5.74) is 1.45. The number of anilines is 1. The van der Waals surface area contributed by atoms with Crippen molar-refractivity contribution in [1.82, 2.24) is 4.68 Å². The zero-order valence-corrected chi connectivity index (χ0v) is 14.6. The molecule has 0 bridgehead atoms. The number of hydrogen-bond acceptors (Lipinski definition) is 4. The zero-order chi connectivity index (χ0) is 18.1. The van der Waals surface area contributed by atoms with Crippen molar-refractivity contribution in [3.05, 3.63) is 63.6 Å². The maximum Gasteiger partial charge on any atom is 0.293 e. The van der Waals surface area contributed by atoms with E-state index in [1.807, 2.05) is 13.0 Å². The van der Waals surface area contributed by atoms with Gasteiger partial charge in [0.15, 0.2) is 5.78 Å². The molecule has 25 heavy (non-hydrogen) atoms. The van der Waals surface area contributed by atoms with Gasteiger partial charge in [-0.05, 0) is 30.5 Å². The molecule has 0 fully saturated rings. The lowest BCUT2D eigenvalue weighted by atomic mass is 9.87. The maximum atomic E-state index is 12.9. The number of fused-ring (bicyclic) bond motifs is 1. The van der Waals surface area contributed by atoms with Crippen LogP contribution in [-0.4, -0.2) is 30.5 Å². The highest BCUT2D eigenvalue weighted by Gasteiger charge is 2.28. The van der Waals surface area contributed by atoms with Gasteiger partial charge in [0.25, 0.3) is 11.5 Å². The molecular weight excluding hydrogens is 318 g/mol. The van der Waals surface area contributed by atoms with Crippen molar-refractivity contribution in [1.29, 1.82) is 0 Å². The minimum absolute atomic E-state index is 0.000407. The Balaban J connectivity index is 2.08. The van der Waals surface area contributed by atoms with Gasteiger partial charge in [-0.1, -0.05) is 25.1 Å². The molecule has 0 spiro atoms. The van der Waals surface area contributed by atoms with Crippen molar-refractivity contribution >= 4 is 17.4 Å². The fraction of sp³-hybridized carbons (Fsp3) is 0.316. The van der Waals surface area contributed by atoms with E-state index >= 15 is 0 Å². The van der Waals surface area contributed by atoms with Gasteiger partial charge >= 0.3 is 0 Å². The van der Waals surface area contributed by atoms with Crippen molar-refractivity contribution in [3.8, 4) is 0 Å². The lowest BCUT2D eigenvalue weighted by molar-refractivity contribution is 0.0949. The Morgan fingerprint density at radius 3 is 2.48 bits per heavy atom. The standard InChI is InChI=1S/C19H21N3O3/c1-12-9-16-14(17(23)10-12)11-15(19(25)22(16)21(2)3)20-18(24)13-7-5-4-6-8-13/h4-8,11-12H,9-10H2,1-3H3,(H,20,24). The monoisotopic (exact) mass is 339 g/mol. The van der Waals surface area contributed by atoms with Crippen LogP contribution >= 0.6 is 0 Å². The topological polar surface area (TPSA) is 71.4 Å². The summed E-state index contributed by atoms with van der Waals surface area (Å²) in [7, 11) is 3.49. The Labute approximate surface area is 146 Å². The first-order chi connectivity index (χ1) is 11.9. The average Bonchev–Trinajstić information content (AvgIpc) is 2.56. The van der Waals surface area contributed by atoms with Crippen molar-refractivity contribution in [2.45, 2.75) is 19.8 Å². The molecule has 1 aliphatic carbocycles. The second-order valence-electron chi connectivity index (χ2n) is 6.64. The van der Waals surface area contributed by atoms with E-state index in [0.29, 0.717) is 29.7 Å². The molecule has 1 N–H and O–H groups in total. The number of aromatic nitrogens is 1. The Kier molecular flexibility index (Phi) is 4.44. The summed E-state index contributed by atoms with van der Waals surface area (Å²) < 4.78 is 1.48. The third-order valence-corrected chi connectivity index (χ3v) is 4.34. The van der Waals surface area contributed by atoms with Crippen molar-refractivity contribution in [2.75, 3.05) is 24.4 Å². The summed E-state index contributed by atoms with van der Waals surface area (Å²) in [5.74, 6) is -0.186. The lowest BCUT2D eigenvalue weighted by Crippen LogP contribution is -2.42. The van der Waals surface area contributed by atoms with Crippen molar-refractivity contribution in [3.63, 3.8) is 0 Å². The van der Waals surface area contributed by atoms with Crippen LogP contribution in [0.5, 0.6) is 0 Å². The van der Waals surface area contributed by atoms with Crippen LogP contribution in [0, 0.1) is 5.92 Å². The van der Waals surface area contributed by atoms with Gasteiger partial charge in [0.05, 0.1) is 5.69 Å². The van der Waals surface area contributed by atoms with E-state index in [9.17, 15) is 14.4 Å². The van der Waals surface area contributed by atoms with Gasteiger partial charge in [-0.3, -0.25) is 14.4 Å². The Hall–Kier alpha value is -2.89. The second-order valence-corrected chi connectivity index (χ2v) is 6.64. The van der Waals surface area contributed by atoms with E-state index in [1.165, 1.54) is 10.7 Å². The van der Waals surface area contributed by atoms with E-state index in [2.05, 4.69) is 5.32 Å². The predicted octanol–water partition coefficient (Wildman–Crippen LogP) is 2.06. The molecule has 1 heterocycles. The Morgan fingerprint density at radius 2 is 1.84 bits per heavy atom. The first-order valence-corrected chi connectivity index (χ1v) is 8.24. The van der Waals surface area contributed by atoms with Gasteiger partial charge in [0.2, 0.25) is 0 Å². The normalized spacial score (nSPS) is 16.3. The lowest BCUT2D eigenvalue weighted by Gasteiger charge is -2.28. The summed E-state index contributed by atoms with van der Waals surface area (Å²) >= 11 is 0. The summed E-state index contributed by atoms with van der Waals surface area (Å²) in [5, 5.41) is 4.30. The van der Waals surface area contributed by atoms with Gasteiger partial charge < -0.3 is 10.3 Å². The number of nitrogens with zero attached hydrogens (tertiary/aromatic N) is 2. The molecule has 1 amide bonds. The van der Waals surface area contributed by atoms with E-state index < -0.39 is 0 Å². The van der Waals surface area contributed by atoms with Crippen LogP contribution in [0.25, 0.3) is 0 Å². The van der Waals surface area contributed by atoms with E-state index in [1.54, 1.807) is 43.4 Å². The first-order valence-electron chi connectivity index (χ1n) is 8.24.